The molecule has 0 fully saturated rings. The van der Waals surface area contributed by atoms with Crippen LogP contribution in [-0.4, -0.2) is 0 Å². The fourth-order valence-corrected chi connectivity index (χ4v) is 3.59. The van der Waals surface area contributed by atoms with Crippen LogP contribution in [0, 0.1) is 6.92 Å². The highest BCUT2D eigenvalue weighted by Gasteiger charge is 2.15. The quantitative estimate of drug-likeness (QED) is 0.673. The topological polar surface area (TPSA) is 38.0 Å². The van der Waals surface area contributed by atoms with E-state index in [1.165, 1.54) is 15.3 Å². The Bertz CT molecular complexity index is 409. The van der Waals surface area contributed by atoms with E-state index >= 15 is 0 Å². The molecule has 0 aliphatic heterocycles. The van der Waals surface area contributed by atoms with Crippen molar-refractivity contribution in [1.82, 2.24) is 5.43 Å². The van der Waals surface area contributed by atoms with E-state index in [-0.39, 0.29) is 6.04 Å². The number of hydrazine groups is 1. The summed E-state index contributed by atoms with van der Waals surface area (Å²) in [4.78, 5) is 2.56. The van der Waals surface area contributed by atoms with Crippen molar-refractivity contribution in [2.75, 3.05) is 0 Å². The van der Waals surface area contributed by atoms with Crippen molar-refractivity contribution in [3.63, 3.8) is 0 Å². The molecule has 0 spiro atoms. The van der Waals surface area contributed by atoms with Gasteiger partial charge in [0.15, 0.2) is 0 Å². The largest absolute Gasteiger partial charge is 0.271 e. The van der Waals surface area contributed by atoms with Gasteiger partial charge in [0, 0.05) is 9.75 Å². The number of rotatable bonds is 3. The highest BCUT2D eigenvalue weighted by atomic mass is 79.9. The molecule has 2 aromatic heterocycles. The molecule has 15 heavy (non-hydrogen) atoms. The van der Waals surface area contributed by atoms with Crippen LogP contribution in [0.3, 0.4) is 0 Å². The minimum Gasteiger partial charge on any atom is -0.271 e. The minimum absolute atomic E-state index is 0.103. The lowest BCUT2D eigenvalue weighted by Crippen LogP contribution is -2.27. The summed E-state index contributed by atoms with van der Waals surface area (Å²) in [5.41, 5.74) is 4.06. The summed E-state index contributed by atoms with van der Waals surface area (Å²) >= 11 is 6.91. The molecular formula is C10H11BrN2S2. The van der Waals surface area contributed by atoms with Gasteiger partial charge >= 0.3 is 0 Å². The van der Waals surface area contributed by atoms with Crippen molar-refractivity contribution < 1.29 is 0 Å². The second-order valence-electron chi connectivity index (χ2n) is 3.23. The van der Waals surface area contributed by atoms with Gasteiger partial charge in [-0.25, -0.2) is 5.43 Å². The number of hydrogen-bond donors (Lipinski definition) is 2. The van der Waals surface area contributed by atoms with Crippen molar-refractivity contribution in [3.8, 4) is 0 Å². The highest BCUT2D eigenvalue weighted by Crippen LogP contribution is 2.32. The molecule has 0 radical (unpaired) electrons. The number of nitrogens with one attached hydrogen (secondary N) is 1. The molecule has 0 aliphatic carbocycles. The number of hydrogen-bond acceptors (Lipinski definition) is 4. The Morgan fingerprint density at radius 2 is 2.27 bits per heavy atom. The number of halogens is 1. The van der Waals surface area contributed by atoms with Gasteiger partial charge in [-0.3, -0.25) is 5.84 Å². The Kier molecular flexibility index (Phi) is 3.58. The fraction of sp³-hybridized carbons (Fsp3) is 0.200. The predicted molar refractivity (Wildman–Crippen MR) is 70.2 cm³/mol. The monoisotopic (exact) mass is 302 g/mol. The van der Waals surface area contributed by atoms with Crippen molar-refractivity contribution in [3.05, 3.63) is 42.7 Å². The number of nitrogens with two attached hydrogens (primary N) is 1. The van der Waals surface area contributed by atoms with Gasteiger partial charge in [-0.05, 0) is 52.0 Å². The van der Waals surface area contributed by atoms with E-state index < -0.39 is 0 Å². The third-order valence-corrected chi connectivity index (χ3v) is 4.72. The van der Waals surface area contributed by atoms with Gasteiger partial charge in [-0.2, -0.15) is 0 Å². The Hall–Kier alpha value is -0.200. The van der Waals surface area contributed by atoms with Gasteiger partial charge in [0.25, 0.3) is 0 Å². The molecule has 80 valence electrons. The standard InChI is InChI=1S/C10H11BrN2S2/c1-6-2-3-8(15-6)10(13-12)7-4-9(11)14-5-7/h2-5,10,13H,12H2,1H3. The van der Waals surface area contributed by atoms with E-state index in [2.05, 4.69) is 51.9 Å². The van der Waals surface area contributed by atoms with Crippen molar-refractivity contribution in [2.45, 2.75) is 13.0 Å². The van der Waals surface area contributed by atoms with Gasteiger partial charge in [0.1, 0.15) is 0 Å². The summed E-state index contributed by atoms with van der Waals surface area (Å²) in [5, 5.41) is 2.11. The van der Waals surface area contributed by atoms with Crippen LogP contribution in [0.15, 0.2) is 27.4 Å². The average Bonchev–Trinajstić information content (AvgIpc) is 2.78. The van der Waals surface area contributed by atoms with E-state index in [1.807, 2.05) is 0 Å². The van der Waals surface area contributed by atoms with Crippen LogP contribution in [-0.2, 0) is 0 Å². The van der Waals surface area contributed by atoms with Crippen LogP contribution in [0.25, 0.3) is 0 Å². The molecular weight excluding hydrogens is 292 g/mol. The Morgan fingerprint density at radius 1 is 1.47 bits per heavy atom. The molecule has 2 rings (SSSR count). The molecule has 0 bridgehead atoms. The van der Waals surface area contributed by atoms with Crippen molar-refractivity contribution in [1.29, 1.82) is 0 Å². The maximum atomic E-state index is 5.60. The second kappa shape index (κ2) is 4.76. The van der Waals surface area contributed by atoms with Crippen LogP contribution in [0.4, 0.5) is 0 Å². The van der Waals surface area contributed by atoms with Crippen LogP contribution in [0.5, 0.6) is 0 Å². The molecule has 1 atom stereocenters. The minimum atomic E-state index is 0.103. The zero-order chi connectivity index (χ0) is 10.8. The Labute approximate surface area is 105 Å². The second-order valence-corrected chi connectivity index (χ2v) is 6.84. The molecule has 0 amide bonds. The molecule has 2 nitrogen and oxygen atoms in total. The first kappa shape index (κ1) is 11.3. The normalized spacial score (nSPS) is 13.0. The molecule has 0 aliphatic rings. The van der Waals surface area contributed by atoms with E-state index in [0.29, 0.717) is 0 Å². The summed E-state index contributed by atoms with van der Waals surface area (Å²) in [7, 11) is 0. The third kappa shape index (κ3) is 2.49. The highest BCUT2D eigenvalue weighted by molar-refractivity contribution is 9.11. The lowest BCUT2D eigenvalue weighted by molar-refractivity contribution is 0.648. The van der Waals surface area contributed by atoms with Crippen molar-refractivity contribution in [2.24, 2.45) is 5.84 Å². The maximum absolute atomic E-state index is 5.60. The molecule has 1 unspecified atom stereocenters. The van der Waals surface area contributed by atoms with Crippen LogP contribution in [0.2, 0.25) is 0 Å². The number of aryl methyl sites for hydroxylation is 1. The molecule has 3 N–H and O–H groups in total. The molecule has 0 aromatic carbocycles. The summed E-state index contributed by atoms with van der Waals surface area (Å²) in [6, 6.07) is 6.44. The van der Waals surface area contributed by atoms with E-state index in [4.69, 9.17) is 5.84 Å². The summed E-state index contributed by atoms with van der Waals surface area (Å²) in [6.07, 6.45) is 0. The first-order valence-corrected chi connectivity index (χ1v) is 6.96. The van der Waals surface area contributed by atoms with Gasteiger partial charge in [0.2, 0.25) is 0 Å². The van der Waals surface area contributed by atoms with Gasteiger partial charge in [-0.15, -0.1) is 22.7 Å². The fourth-order valence-electron chi connectivity index (χ4n) is 1.43. The molecule has 5 heteroatoms. The predicted octanol–water partition coefficient (Wildman–Crippen LogP) is 3.43. The Morgan fingerprint density at radius 3 is 2.73 bits per heavy atom. The van der Waals surface area contributed by atoms with Gasteiger partial charge in [0.05, 0.1) is 9.83 Å². The van der Waals surface area contributed by atoms with Gasteiger partial charge < -0.3 is 0 Å². The van der Waals surface area contributed by atoms with E-state index in [9.17, 15) is 0 Å². The van der Waals surface area contributed by atoms with Crippen LogP contribution < -0.4 is 11.3 Å². The third-order valence-electron chi connectivity index (χ3n) is 2.13. The molecule has 0 saturated carbocycles. The summed E-state index contributed by atoms with van der Waals surface area (Å²) < 4.78 is 1.13. The zero-order valence-corrected chi connectivity index (χ0v) is 11.4. The Balaban J connectivity index is 2.32. The first-order valence-electron chi connectivity index (χ1n) is 4.47. The lowest BCUT2D eigenvalue weighted by atomic mass is 10.1. The van der Waals surface area contributed by atoms with Crippen LogP contribution >= 0.6 is 38.6 Å². The summed E-state index contributed by atoms with van der Waals surface area (Å²) in [6.45, 7) is 2.10. The van der Waals surface area contributed by atoms with Crippen LogP contribution in [0.1, 0.15) is 21.4 Å². The molecule has 2 aromatic rings. The number of thiophene rings is 2. The lowest BCUT2D eigenvalue weighted by Gasteiger charge is -2.12. The smallest absolute Gasteiger partial charge is 0.0811 e. The van der Waals surface area contributed by atoms with E-state index in [1.54, 1.807) is 22.7 Å². The maximum Gasteiger partial charge on any atom is 0.0811 e. The van der Waals surface area contributed by atoms with Gasteiger partial charge in [-0.1, -0.05) is 0 Å². The SMILES string of the molecule is Cc1ccc(C(NN)c2csc(Br)c2)s1. The average molecular weight is 303 g/mol. The molecule has 2 heterocycles. The molecule has 0 saturated heterocycles. The summed E-state index contributed by atoms with van der Waals surface area (Å²) in [5.74, 6) is 5.60. The first-order chi connectivity index (χ1) is 7.20. The van der Waals surface area contributed by atoms with E-state index in [0.717, 1.165) is 3.79 Å². The zero-order valence-electron chi connectivity index (χ0n) is 8.16. The van der Waals surface area contributed by atoms with Crippen molar-refractivity contribution >= 4 is 38.6 Å².